The fourth-order valence-electron chi connectivity index (χ4n) is 8.05. The number of amides is 2. The number of nitrogens with one attached hydrogen (secondary N) is 4. The zero-order chi connectivity index (χ0) is 50.4. The zero-order valence-electron chi connectivity index (χ0n) is 42.5. The molecule has 15 nitrogen and oxygen atoms in total. The summed E-state index contributed by atoms with van der Waals surface area (Å²) >= 11 is 12.5. The molecule has 70 heavy (non-hydrogen) atoms. The summed E-state index contributed by atoms with van der Waals surface area (Å²) in [4.78, 5) is 46.2. The molecule has 4 aromatic heterocycles. The molecule has 4 heterocycles. The van der Waals surface area contributed by atoms with Gasteiger partial charge in [-0.2, -0.15) is 9.26 Å². The van der Waals surface area contributed by atoms with Crippen molar-refractivity contribution in [1.82, 2.24) is 44.9 Å². The fraction of sp³-hybridized carbons (Fsp3) is 0.566. The number of aryl methyl sites for hydroxylation is 4. The van der Waals surface area contributed by atoms with E-state index in [1.54, 1.807) is 21.4 Å². The van der Waals surface area contributed by atoms with Crippen LogP contribution in [0.4, 0.5) is 5.69 Å². The number of ether oxygens (including phenoxy) is 2. The molecule has 4 N–H and O–H groups in total. The lowest BCUT2D eigenvalue weighted by Crippen LogP contribution is -2.40. The van der Waals surface area contributed by atoms with Crippen LogP contribution in [-0.4, -0.2) is 76.7 Å². The number of H-pyrrole nitrogens is 2. The van der Waals surface area contributed by atoms with E-state index in [1.165, 1.54) is 69.8 Å². The van der Waals surface area contributed by atoms with Gasteiger partial charge in [-0.25, -0.2) is 9.97 Å². The third-order valence-electron chi connectivity index (χ3n) is 12.3. The Morgan fingerprint density at radius 2 is 1.27 bits per heavy atom. The number of anilines is 1. The first kappa shape index (κ1) is 55.5. The second kappa shape index (κ2) is 29.1. The van der Waals surface area contributed by atoms with Crippen molar-refractivity contribution in [3.8, 4) is 17.1 Å². The van der Waals surface area contributed by atoms with Gasteiger partial charge in [-0.05, 0) is 82.9 Å². The van der Waals surface area contributed by atoms with Crippen LogP contribution in [0.25, 0.3) is 22.7 Å². The number of halogens is 2. The highest BCUT2D eigenvalue weighted by Crippen LogP contribution is 2.26. The average molecular weight is 1000 g/mol. The Hall–Kier alpha value is -5.41. The highest BCUT2D eigenvalue weighted by atomic mass is 35.5. The van der Waals surface area contributed by atoms with Crippen LogP contribution in [0.15, 0.2) is 42.5 Å². The van der Waals surface area contributed by atoms with Crippen LogP contribution in [0, 0.1) is 27.7 Å². The molecule has 382 valence electrons. The predicted molar refractivity (Wildman–Crippen MR) is 280 cm³/mol. The Morgan fingerprint density at radius 1 is 0.700 bits per heavy atom. The summed E-state index contributed by atoms with van der Waals surface area (Å²) in [5.41, 5.74) is 6.45. The van der Waals surface area contributed by atoms with Crippen LogP contribution in [0.3, 0.4) is 0 Å². The van der Waals surface area contributed by atoms with E-state index in [0.717, 1.165) is 66.8 Å². The number of aromatic nitrogens is 8. The number of benzene rings is 2. The van der Waals surface area contributed by atoms with Gasteiger partial charge in [-0.3, -0.25) is 24.6 Å². The van der Waals surface area contributed by atoms with E-state index in [1.807, 2.05) is 58.9 Å². The summed E-state index contributed by atoms with van der Waals surface area (Å²) in [5.74, 6) is 1.21. The van der Waals surface area contributed by atoms with Gasteiger partial charge in [0.1, 0.15) is 15.8 Å². The van der Waals surface area contributed by atoms with Gasteiger partial charge in [-0.15, -0.1) is 10.2 Å². The molecule has 17 heteroatoms. The van der Waals surface area contributed by atoms with Gasteiger partial charge in [0.05, 0.1) is 24.4 Å². The highest BCUT2D eigenvalue weighted by molar-refractivity contribution is 6.34. The maximum Gasteiger partial charge on any atom is 0.306 e. The molecular weight excluding hydrogens is 928 g/mol. The maximum absolute atomic E-state index is 13.0. The summed E-state index contributed by atoms with van der Waals surface area (Å²) < 4.78 is 14.6. The summed E-state index contributed by atoms with van der Waals surface area (Å²) in [6.45, 7) is 15.1. The minimum Gasteiger partial charge on any atom is -0.480 e. The maximum atomic E-state index is 13.0. The lowest BCUT2D eigenvalue weighted by Gasteiger charge is -2.21. The average Bonchev–Trinajstić information content (AvgIpc) is 4.09. The summed E-state index contributed by atoms with van der Waals surface area (Å²) in [6.07, 6.45) is 19.9. The molecule has 6 aromatic rings. The predicted octanol–water partition coefficient (Wildman–Crippen LogP) is 12.9. The Bertz CT molecular complexity index is 2550. The Balaban J connectivity index is 0.000000265. The van der Waals surface area contributed by atoms with Crippen molar-refractivity contribution in [3.63, 3.8) is 0 Å². The molecule has 0 saturated heterocycles. The van der Waals surface area contributed by atoms with Crippen molar-refractivity contribution in [1.29, 1.82) is 0 Å². The van der Waals surface area contributed by atoms with E-state index < -0.39 is 6.10 Å². The van der Waals surface area contributed by atoms with Crippen molar-refractivity contribution in [2.24, 2.45) is 0 Å². The first-order chi connectivity index (χ1) is 33.8. The van der Waals surface area contributed by atoms with E-state index >= 15 is 0 Å². The molecule has 0 aliphatic rings. The highest BCUT2D eigenvalue weighted by Gasteiger charge is 2.23. The molecule has 0 radical (unpaired) electrons. The summed E-state index contributed by atoms with van der Waals surface area (Å²) in [7, 11) is 0. The molecule has 0 bridgehead atoms. The SMILES string of the molecule is CCCCCCC(Oc1ccc(C)cc1C)C(=O)NCC(C)c1nc2c(Cl)c(C)[nH]n2n1.CCCCCCCCCCCCCCOC(=O)CCC(=O)Nc1ccc(-c2nc3c(Cl)c(C)[nH]n3n2)cc1. The smallest absolute Gasteiger partial charge is 0.306 e. The first-order valence-corrected chi connectivity index (χ1v) is 26.3. The van der Waals surface area contributed by atoms with Crippen LogP contribution in [0.2, 0.25) is 10.0 Å². The molecule has 0 aliphatic carbocycles. The second-order valence-corrected chi connectivity index (χ2v) is 19.3. The van der Waals surface area contributed by atoms with Gasteiger partial charge in [0.25, 0.3) is 5.91 Å². The molecular formula is C53H76Cl2N10O5. The van der Waals surface area contributed by atoms with Crippen molar-refractivity contribution in [2.45, 2.75) is 182 Å². The molecule has 2 amide bonds. The van der Waals surface area contributed by atoms with Crippen LogP contribution < -0.4 is 15.4 Å². The Labute approximate surface area is 423 Å². The number of fused-ring (bicyclic) bond motifs is 2. The van der Waals surface area contributed by atoms with Crippen LogP contribution in [0.1, 0.15) is 177 Å². The molecule has 2 aromatic carbocycles. The largest absolute Gasteiger partial charge is 0.480 e. The minimum atomic E-state index is -0.526. The normalized spacial score (nSPS) is 12.2. The molecule has 2 atom stereocenters. The standard InChI is InChI=1S/C29H42ClN5O3.C24H34ClN5O2/c1-3-4-5-6-7-8-9-10-11-12-13-14-21-38-26(37)20-19-25(36)31-24-17-15-23(16-18-24)28-32-29-27(30)22(2)33-35(29)34-28;1-6-7-8-9-10-20(32-19-12-11-15(2)13-16(19)3)24(31)26-14-17(4)22-27-23-21(25)18(5)28-30(23)29-22/h15-18,33H,3-14,19-21H2,1-2H3,(H,31,36);11-13,17,20,28H,6-10,14H2,1-5H3,(H,26,31). The molecule has 2 unspecified atom stereocenters. The number of hydrogen-bond acceptors (Lipinski definition) is 9. The van der Waals surface area contributed by atoms with E-state index in [9.17, 15) is 14.4 Å². The van der Waals surface area contributed by atoms with Crippen LogP contribution in [0.5, 0.6) is 5.75 Å². The Morgan fingerprint density at radius 3 is 1.86 bits per heavy atom. The third-order valence-corrected chi connectivity index (χ3v) is 13.2. The Kier molecular flexibility index (Phi) is 23.0. The molecule has 0 spiro atoms. The first-order valence-electron chi connectivity index (χ1n) is 25.6. The molecule has 0 saturated carbocycles. The van der Waals surface area contributed by atoms with Gasteiger partial charge < -0.3 is 20.1 Å². The monoisotopic (exact) mass is 1000 g/mol. The number of aromatic amines is 2. The number of carbonyl (C=O) groups is 3. The minimum absolute atomic E-state index is 0.0644. The van der Waals surface area contributed by atoms with E-state index in [2.05, 4.69) is 60.9 Å². The zero-order valence-corrected chi connectivity index (χ0v) is 44.0. The van der Waals surface area contributed by atoms with Gasteiger partial charge in [0, 0.05) is 30.1 Å². The quantitative estimate of drug-likeness (QED) is 0.0262. The van der Waals surface area contributed by atoms with E-state index in [0.29, 0.717) is 58.2 Å². The summed E-state index contributed by atoms with van der Waals surface area (Å²) in [6, 6.07) is 13.2. The summed E-state index contributed by atoms with van der Waals surface area (Å²) in [5, 5.41) is 21.9. The number of esters is 1. The fourth-order valence-corrected chi connectivity index (χ4v) is 8.38. The van der Waals surface area contributed by atoms with Crippen molar-refractivity contribution >= 4 is 58.0 Å². The number of nitrogens with zero attached hydrogens (tertiary/aromatic N) is 6. The molecule has 0 fully saturated rings. The number of unbranched alkanes of at least 4 members (excludes halogenated alkanes) is 14. The van der Waals surface area contributed by atoms with Crippen LogP contribution >= 0.6 is 23.2 Å². The van der Waals surface area contributed by atoms with Crippen molar-refractivity contribution < 1.29 is 23.9 Å². The van der Waals surface area contributed by atoms with Gasteiger partial charge in [-0.1, -0.05) is 152 Å². The number of rotatable bonds is 29. The van der Waals surface area contributed by atoms with Gasteiger partial charge in [0.2, 0.25) is 5.91 Å². The lowest BCUT2D eigenvalue weighted by molar-refractivity contribution is -0.144. The van der Waals surface area contributed by atoms with Crippen LogP contribution in [-0.2, 0) is 19.1 Å². The molecule has 0 aliphatic heterocycles. The van der Waals surface area contributed by atoms with Gasteiger partial charge in [0.15, 0.2) is 29.0 Å². The topological polar surface area (TPSA) is 186 Å². The molecule has 6 rings (SSSR count). The third kappa shape index (κ3) is 17.5. The second-order valence-electron chi connectivity index (χ2n) is 18.6. The van der Waals surface area contributed by atoms with Gasteiger partial charge >= 0.3 is 5.97 Å². The lowest BCUT2D eigenvalue weighted by atomic mass is 10.1. The number of carbonyl (C=O) groups excluding carboxylic acids is 3. The number of hydrogen-bond donors (Lipinski definition) is 4. The van der Waals surface area contributed by atoms with E-state index in [4.69, 9.17) is 32.7 Å². The van der Waals surface area contributed by atoms with Crippen molar-refractivity contribution in [2.75, 3.05) is 18.5 Å². The van der Waals surface area contributed by atoms with Crippen molar-refractivity contribution in [3.05, 3.63) is 80.8 Å². The van der Waals surface area contributed by atoms with E-state index in [-0.39, 0.29) is 36.5 Å².